The van der Waals surface area contributed by atoms with E-state index in [0.717, 1.165) is 31.2 Å². The van der Waals surface area contributed by atoms with Crippen molar-refractivity contribution in [1.82, 2.24) is 4.90 Å². The second-order valence-electron chi connectivity index (χ2n) is 6.53. The lowest BCUT2D eigenvalue weighted by Gasteiger charge is -2.47. The summed E-state index contributed by atoms with van der Waals surface area (Å²) in [6.07, 6.45) is 4.56. The van der Waals surface area contributed by atoms with Crippen LogP contribution in [0.15, 0.2) is 18.2 Å². The van der Waals surface area contributed by atoms with Crippen LogP contribution in [0.3, 0.4) is 0 Å². The van der Waals surface area contributed by atoms with Gasteiger partial charge in [0.25, 0.3) is 5.91 Å². The topological polar surface area (TPSA) is 40.5 Å². The molecule has 0 bridgehead atoms. The average molecular weight is 291 g/mol. The van der Waals surface area contributed by atoms with Crippen LogP contribution in [-0.4, -0.2) is 34.6 Å². The van der Waals surface area contributed by atoms with E-state index in [9.17, 15) is 14.3 Å². The van der Waals surface area contributed by atoms with Crippen LogP contribution in [-0.2, 0) is 0 Å². The second kappa shape index (κ2) is 5.41. The van der Waals surface area contributed by atoms with Gasteiger partial charge in [-0.15, -0.1) is 0 Å². The van der Waals surface area contributed by atoms with Gasteiger partial charge >= 0.3 is 0 Å². The highest BCUT2D eigenvalue weighted by Crippen LogP contribution is 2.40. The molecule has 1 aromatic carbocycles. The van der Waals surface area contributed by atoms with Gasteiger partial charge in [-0.2, -0.15) is 0 Å². The van der Waals surface area contributed by atoms with Crippen molar-refractivity contribution in [3.63, 3.8) is 0 Å². The third-order valence-corrected chi connectivity index (χ3v) is 5.07. The van der Waals surface area contributed by atoms with Crippen molar-refractivity contribution in [2.75, 3.05) is 13.1 Å². The monoisotopic (exact) mass is 291 g/mol. The number of likely N-dealkylation sites (tertiary alicyclic amines) is 1. The predicted molar refractivity (Wildman–Crippen MR) is 78.6 cm³/mol. The first-order valence-corrected chi connectivity index (χ1v) is 7.77. The van der Waals surface area contributed by atoms with E-state index in [1.165, 1.54) is 6.07 Å². The molecule has 3 rings (SSSR count). The summed E-state index contributed by atoms with van der Waals surface area (Å²) >= 11 is 0. The minimum absolute atomic E-state index is 0.137. The Balaban J connectivity index is 1.77. The fourth-order valence-electron chi connectivity index (χ4n) is 3.72. The fourth-order valence-corrected chi connectivity index (χ4v) is 3.72. The fraction of sp³-hybridized carbons (Fsp3) is 0.588. The molecule has 1 saturated heterocycles. The molecule has 114 valence electrons. The summed E-state index contributed by atoms with van der Waals surface area (Å²) in [6, 6.07) is 4.72. The molecule has 0 aromatic heterocycles. The molecule has 1 N–H and O–H groups in total. The zero-order chi connectivity index (χ0) is 15.0. The number of piperidine rings is 1. The first-order valence-electron chi connectivity index (χ1n) is 7.77. The summed E-state index contributed by atoms with van der Waals surface area (Å²) in [5.74, 6) is -0.568. The number of hydrogen-bond donors (Lipinski definition) is 1. The van der Waals surface area contributed by atoms with Crippen LogP contribution in [0.2, 0.25) is 0 Å². The molecule has 0 radical (unpaired) electrons. The maximum absolute atomic E-state index is 14.0. The van der Waals surface area contributed by atoms with E-state index in [1.54, 1.807) is 24.0 Å². The summed E-state index contributed by atoms with van der Waals surface area (Å²) in [5, 5.41) is 10.6. The predicted octanol–water partition coefficient (Wildman–Crippen LogP) is 2.90. The molecule has 1 heterocycles. The average Bonchev–Trinajstić information content (AvgIpc) is 2.45. The Kier molecular flexibility index (Phi) is 3.74. The lowest BCUT2D eigenvalue weighted by molar-refractivity contribution is -0.0886. The highest BCUT2D eigenvalue weighted by Gasteiger charge is 2.43. The highest BCUT2D eigenvalue weighted by molar-refractivity contribution is 5.94. The highest BCUT2D eigenvalue weighted by atomic mass is 19.1. The van der Waals surface area contributed by atoms with Crippen LogP contribution in [0.4, 0.5) is 4.39 Å². The van der Waals surface area contributed by atoms with E-state index >= 15 is 0 Å². The van der Waals surface area contributed by atoms with Crippen LogP contribution in [0.1, 0.15) is 48.0 Å². The molecule has 1 aromatic rings. The van der Waals surface area contributed by atoms with Gasteiger partial charge in [-0.1, -0.05) is 18.9 Å². The van der Waals surface area contributed by atoms with E-state index in [1.807, 2.05) is 0 Å². The molecule has 2 unspecified atom stereocenters. The zero-order valence-electron chi connectivity index (χ0n) is 12.4. The number of benzene rings is 1. The Morgan fingerprint density at radius 2 is 2.19 bits per heavy atom. The number of aliphatic hydroxyl groups is 1. The number of carbonyl (C=O) groups is 1. The van der Waals surface area contributed by atoms with Gasteiger partial charge in [0.1, 0.15) is 5.82 Å². The molecular formula is C17H22FNO2. The van der Waals surface area contributed by atoms with Crippen molar-refractivity contribution in [2.45, 2.75) is 44.6 Å². The third kappa shape index (κ3) is 2.69. The molecule has 1 aliphatic heterocycles. The minimum atomic E-state index is -0.610. The van der Waals surface area contributed by atoms with Gasteiger partial charge in [-0.05, 0) is 43.9 Å². The Morgan fingerprint density at radius 1 is 1.38 bits per heavy atom. The summed E-state index contributed by atoms with van der Waals surface area (Å²) in [4.78, 5) is 14.2. The standard InChI is InChI=1S/C17H22FNO2/c1-12-5-6-14(15(18)10-12)16(20)19-9-8-17(21)7-3-2-4-13(17)11-19/h5-6,10,13,21H,2-4,7-9,11H2,1H3. The first kappa shape index (κ1) is 14.5. The van der Waals surface area contributed by atoms with E-state index in [0.29, 0.717) is 19.5 Å². The molecule has 4 heteroatoms. The molecule has 21 heavy (non-hydrogen) atoms. The summed E-state index contributed by atoms with van der Waals surface area (Å²) in [6.45, 7) is 2.86. The number of halogens is 1. The van der Waals surface area contributed by atoms with Crippen molar-refractivity contribution in [1.29, 1.82) is 0 Å². The van der Waals surface area contributed by atoms with Crippen molar-refractivity contribution >= 4 is 5.91 Å². The van der Waals surface area contributed by atoms with Gasteiger partial charge in [0.05, 0.1) is 11.2 Å². The SMILES string of the molecule is Cc1ccc(C(=O)N2CCC3(O)CCCCC3C2)c(F)c1. The molecule has 0 spiro atoms. The number of fused-ring (bicyclic) bond motifs is 1. The van der Waals surface area contributed by atoms with E-state index < -0.39 is 11.4 Å². The minimum Gasteiger partial charge on any atom is -0.389 e. The van der Waals surface area contributed by atoms with Crippen molar-refractivity contribution in [2.24, 2.45) is 5.92 Å². The Labute approximate surface area is 124 Å². The molecule has 3 nitrogen and oxygen atoms in total. The van der Waals surface area contributed by atoms with Gasteiger partial charge in [-0.3, -0.25) is 4.79 Å². The Bertz CT molecular complexity index is 560. The maximum Gasteiger partial charge on any atom is 0.256 e. The number of aryl methyl sites for hydroxylation is 1. The van der Waals surface area contributed by atoms with Crippen molar-refractivity contribution in [3.8, 4) is 0 Å². The zero-order valence-corrected chi connectivity index (χ0v) is 12.4. The van der Waals surface area contributed by atoms with Crippen LogP contribution >= 0.6 is 0 Å². The molecule has 2 atom stereocenters. The van der Waals surface area contributed by atoms with E-state index in [4.69, 9.17) is 0 Å². The summed E-state index contributed by atoms with van der Waals surface area (Å²) in [5.41, 5.74) is 0.340. The Morgan fingerprint density at radius 3 is 2.95 bits per heavy atom. The molecule has 1 saturated carbocycles. The number of nitrogens with zero attached hydrogens (tertiary/aromatic N) is 1. The van der Waals surface area contributed by atoms with Crippen LogP contribution in [0, 0.1) is 18.7 Å². The molecule has 2 aliphatic rings. The van der Waals surface area contributed by atoms with Gasteiger partial charge in [-0.25, -0.2) is 4.39 Å². The lowest BCUT2D eigenvalue weighted by atomic mass is 9.71. The molecule has 2 fully saturated rings. The number of carbonyl (C=O) groups excluding carboxylic acids is 1. The summed E-state index contributed by atoms with van der Waals surface area (Å²) in [7, 11) is 0. The normalized spacial score (nSPS) is 29.1. The van der Waals surface area contributed by atoms with E-state index in [2.05, 4.69) is 0 Å². The number of hydrogen-bond acceptors (Lipinski definition) is 2. The molecule has 1 aliphatic carbocycles. The van der Waals surface area contributed by atoms with Crippen LogP contribution < -0.4 is 0 Å². The second-order valence-corrected chi connectivity index (χ2v) is 6.53. The van der Waals surface area contributed by atoms with Gasteiger partial charge in [0, 0.05) is 19.0 Å². The number of amides is 1. The van der Waals surface area contributed by atoms with Gasteiger partial charge < -0.3 is 10.0 Å². The maximum atomic E-state index is 14.0. The van der Waals surface area contributed by atoms with Crippen LogP contribution in [0.25, 0.3) is 0 Å². The van der Waals surface area contributed by atoms with Crippen LogP contribution in [0.5, 0.6) is 0 Å². The quantitative estimate of drug-likeness (QED) is 0.864. The van der Waals surface area contributed by atoms with Gasteiger partial charge in [0.15, 0.2) is 0 Å². The van der Waals surface area contributed by atoms with Crippen molar-refractivity contribution in [3.05, 3.63) is 35.1 Å². The van der Waals surface area contributed by atoms with Gasteiger partial charge in [0.2, 0.25) is 0 Å². The van der Waals surface area contributed by atoms with Crippen molar-refractivity contribution < 1.29 is 14.3 Å². The third-order valence-electron chi connectivity index (χ3n) is 5.07. The van der Waals surface area contributed by atoms with E-state index in [-0.39, 0.29) is 17.4 Å². The Hall–Kier alpha value is -1.42. The molecule has 1 amide bonds. The largest absolute Gasteiger partial charge is 0.389 e. The first-order chi connectivity index (χ1) is 9.99. The molecular weight excluding hydrogens is 269 g/mol. The summed E-state index contributed by atoms with van der Waals surface area (Å²) < 4.78 is 14.0. The number of rotatable bonds is 1. The lowest BCUT2D eigenvalue weighted by Crippen LogP contribution is -2.54. The smallest absolute Gasteiger partial charge is 0.256 e.